The summed E-state index contributed by atoms with van der Waals surface area (Å²) in [5.74, 6) is 1.42. The van der Waals surface area contributed by atoms with Gasteiger partial charge in [0, 0.05) is 9.35 Å². The summed E-state index contributed by atoms with van der Waals surface area (Å²) in [6.45, 7) is 1.97. The van der Waals surface area contributed by atoms with Gasteiger partial charge in [-0.05, 0) is 49.8 Å². The highest BCUT2D eigenvalue weighted by Gasteiger charge is 2.20. The van der Waals surface area contributed by atoms with Gasteiger partial charge in [0.1, 0.15) is 10.7 Å². The van der Waals surface area contributed by atoms with Gasteiger partial charge in [-0.1, -0.05) is 34.1 Å². The summed E-state index contributed by atoms with van der Waals surface area (Å²) >= 11 is 6.63. The maximum Gasteiger partial charge on any atom is 0.259 e. The van der Waals surface area contributed by atoms with Crippen LogP contribution in [0, 0.1) is 0 Å². The molecule has 3 aromatic rings. The summed E-state index contributed by atoms with van der Waals surface area (Å²) in [7, 11) is 0. The number of hydrogen-bond donors (Lipinski definition) is 2. The Morgan fingerprint density at radius 2 is 2.14 bits per heavy atom. The Labute approximate surface area is 185 Å². The highest BCUT2D eigenvalue weighted by atomic mass is 79.9. The summed E-state index contributed by atoms with van der Waals surface area (Å²) in [5.41, 5.74) is 2.20. The number of aryl methyl sites for hydroxylation is 2. The van der Waals surface area contributed by atoms with Gasteiger partial charge in [0.15, 0.2) is 0 Å². The molecule has 2 heterocycles. The van der Waals surface area contributed by atoms with Crippen molar-refractivity contribution in [1.29, 1.82) is 0 Å². The van der Waals surface area contributed by atoms with E-state index in [1.807, 2.05) is 31.2 Å². The SMILES string of the molecule is CC(NC(=O)CSCc1nc2sc3c(c2c(=O)[nH]1)CCCC3)c1ccccc1Br. The van der Waals surface area contributed by atoms with Crippen molar-refractivity contribution in [3.8, 4) is 0 Å². The first-order valence-electron chi connectivity index (χ1n) is 9.68. The fourth-order valence-electron chi connectivity index (χ4n) is 3.70. The van der Waals surface area contributed by atoms with Gasteiger partial charge in [-0.2, -0.15) is 0 Å². The van der Waals surface area contributed by atoms with E-state index in [4.69, 9.17) is 0 Å². The molecule has 0 saturated heterocycles. The fourth-order valence-corrected chi connectivity index (χ4v) is 6.31. The van der Waals surface area contributed by atoms with E-state index in [9.17, 15) is 9.59 Å². The Morgan fingerprint density at radius 1 is 1.34 bits per heavy atom. The molecule has 1 unspecified atom stereocenters. The molecule has 4 rings (SSSR count). The van der Waals surface area contributed by atoms with Crippen LogP contribution in [0.2, 0.25) is 0 Å². The molecule has 0 bridgehead atoms. The molecule has 1 aliphatic carbocycles. The van der Waals surface area contributed by atoms with E-state index in [1.165, 1.54) is 28.6 Å². The molecule has 0 aliphatic heterocycles. The number of carbonyl (C=O) groups excluding carboxylic acids is 1. The van der Waals surface area contributed by atoms with Crippen molar-refractivity contribution in [2.75, 3.05) is 5.75 Å². The van der Waals surface area contributed by atoms with Gasteiger partial charge in [0.2, 0.25) is 5.91 Å². The van der Waals surface area contributed by atoms with E-state index in [0.29, 0.717) is 17.3 Å². The van der Waals surface area contributed by atoms with Crippen molar-refractivity contribution >= 4 is 55.2 Å². The van der Waals surface area contributed by atoms with Crippen LogP contribution in [-0.4, -0.2) is 21.6 Å². The fraction of sp³-hybridized carbons (Fsp3) is 0.381. The number of carbonyl (C=O) groups is 1. The third-order valence-corrected chi connectivity index (χ3v) is 7.95. The maximum atomic E-state index is 12.6. The number of hydrogen-bond acceptors (Lipinski definition) is 5. The molecular weight excluding hydrogens is 470 g/mol. The standard InChI is InChI=1S/C21H22BrN3O2S2/c1-12(13-6-2-4-8-15(13)22)23-18(26)11-28-10-17-24-20(27)19-14-7-3-5-9-16(14)29-21(19)25-17/h2,4,6,8,12H,3,5,7,9-11H2,1H3,(H,23,26)(H,24,25,27). The third kappa shape index (κ3) is 4.59. The minimum Gasteiger partial charge on any atom is -0.349 e. The molecule has 1 amide bonds. The van der Waals surface area contributed by atoms with Crippen LogP contribution in [0.3, 0.4) is 0 Å². The Morgan fingerprint density at radius 3 is 2.97 bits per heavy atom. The van der Waals surface area contributed by atoms with Crippen molar-refractivity contribution < 1.29 is 4.79 Å². The number of H-pyrrole nitrogens is 1. The van der Waals surface area contributed by atoms with E-state index in [0.717, 1.165) is 39.5 Å². The second-order valence-electron chi connectivity index (χ2n) is 7.21. The van der Waals surface area contributed by atoms with Crippen LogP contribution < -0.4 is 10.9 Å². The molecule has 0 radical (unpaired) electrons. The van der Waals surface area contributed by atoms with E-state index in [1.54, 1.807) is 11.3 Å². The summed E-state index contributed by atoms with van der Waals surface area (Å²) in [6, 6.07) is 7.79. The Hall–Kier alpha value is -1.64. The molecule has 152 valence electrons. The quantitative estimate of drug-likeness (QED) is 0.522. The number of benzene rings is 1. The zero-order valence-electron chi connectivity index (χ0n) is 16.1. The highest BCUT2D eigenvalue weighted by molar-refractivity contribution is 9.10. The van der Waals surface area contributed by atoms with E-state index in [-0.39, 0.29) is 17.5 Å². The number of nitrogens with zero attached hydrogens (tertiary/aromatic N) is 1. The topological polar surface area (TPSA) is 74.8 Å². The maximum absolute atomic E-state index is 12.6. The Balaban J connectivity index is 1.37. The van der Waals surface area contributed by atoms with Crippen molar-refractivity contribution in [3.63, 3.8) is 0 Å². The van der Waals surface area contributed by atoms with Gasteiger partial charge >= 0.3 is 0 Å². The van der Waals surface area contributed by atoms with E-state index in [2.05, 4.69) is 31.2 Å². The summed E-state index contributed by atoms with van der Waals surface area (Å²) in [5, 5.41) is 3.79. The lowest BCUT2D eigenvalue weighted by molar-refractivity contribution is -0.119. The van der Waals surface area contributed by atoms with Gasteiger partial charge < -0.3 is 10.3 Å². The smallest absolute Gasteiger partial charge is 0.259 e. The number of amides is 1. The summed E-state index contributed by atoms with van der Waals surface area (Å²) < 4.78 is 0.981. The number of halogens is 1. The van der Waals surface area contributed by atoms with Gasteiger partial charge in [0.05, 0.1) is 22.9 Å². The van der Waals surface area contributed by atoms with Crippen LogP contribution in [0.25, 0.3) is 10.2 Å². The minimum atomic E-state index is -0.0783. The second-order valence-corrected chi connectivity index (χ2v) is 10.1. The predicted molar refractivity (Wildman–Crippen MR) is 124 cm³/mol. The molecule has 1 aromatic carbocycles. The first-order chi connectivity index (χ1) is 14.0. The number of rotatable bonds is 6. The Kier molecular flexibility index (Phi) is 6.41. The van der Waals surface area contributed by atoms with Crippen molar-refractivity contribution in [3.05, 3.63) is 60.9 Å². The largest absolute Gasteiger partial charge is 0.349 e. The summed E-state index contributed by atoms with van der Waals surface area (Å²) in [4.78, 5) is 34.6. The normalized spacial score (nSPS) is 14.6. The number of fused-ring (bicyclic) bond motifs is 3. The molecule has 29 heavy (non-hydrogen) atoms. The first-order valence-corrected chi connectivity index (χ1v) is 12.4. The Bertz CT molecular complexity index is 1110. The number of aromatic nitrogens is 2. The molecule has 0 saturated carbocycles. The summed E-state index contributed by atoms with van der Waals surface area (Å²) in [6.07, 6.45) is 4.36. The zero-order valence-corrected chi connectivity index (χ0v) is 19.3. The van der Waals surface area contributed by atoms with E-state index < -0.39 is 0 Å². The monoisotopic (exact) mass is 491 g/mol. The van der Waals surface area contributed by atoms with Crippen molar-refractivity contribution in [2.24, 2.45) is 0 Å². The lowest BCUT2D eigenvalue weighted by atomic mass is 9.97. The van der Waals surface area contributed by atoms with Crippen LogP contribution in [-0.2, 0) is 23.4 Å². The first kappa shape index (κ1) is 20.6. The van der Waals surface area contributed by atoms with Gasteiger partial charge in [-0.15, -0.1) is 23.1 Å². The molecule has 2 aromatic heterocycles. The lowest BCUT2D eigenvalue weighted by Crippen LogP contribution is -2.28. The third-order valence-electron chi connectivity index (χ3n) is 5.10. The average molecular weight is 492 g/mol. The number of aromatic amines is 1. The molecule has 0 spiro atoms. The number of thiophene rings is 1. The van der Waals surface area contributed by atoms with Crippen LogP contribution in [0.5, 0.6) is 0 Å². The number of thioether (sulfide) groups is 1. The number of nitrogens with one attached hydrogen (secondary N) is 2. The van der Waals surface area contributed by atoms with Crippen LogP contribution in [0.1, 0.15) is 47.6 Å². The van der Waals surface area contributed by atoms with Gasteiger partial charge in [0.25, 0.3) is 5.56 Å². The van der Waals surface area contributed by atoms with Crippen LogP contribution in [0.15, 0.2) is 33.5 Å². The highest BCUT2D eigenvalue weighted by Crippen LogP contribution is 2.33. The molecule has 8 heteroatoms. The molecule has 5 nitrogen and oxygen atoms in total. The lowest BCUT2D eigenvalue weighted by Gasteiger charge is -2.15. The average Bonchev–Trinajstić information content (AvgIpc) is 3.07. The molecule has 0 fully saturated rings. The molecule has 1 atom stereocenters. The van der Waals surface area contributed by atoms with E-state index >= 15 is 0 Å². The van der Waals surface area contributed by atoms with Crippen LogP contribution in [0.4, 0.5) is 0 Å². The van der Waals surface area contributed by atoms with Gasteiger partial charge in [-0.3, -0.25) is 9.59 Å². The van der Waals surface area contributed by atoms with Crippen LogP contribution >= 0.6 is 39.0 Å². The minimum absolute atomic E-state index is 0.0340. The van der Waals surface area contributed by atoms with Crippen molar-refractivity contribution in [2.45, 2.75) is 44.4 Å². The second kappa shape index (κ2) is 9.02. The van der Waals surface area contributed by atoms with Gasteiger partial charge in [-0.25, -0.2) is 4.98 Å². The molecule has 2 N–H and O–H groups in total. The molecular formula is C21H22BrN3O2S2. The van der Waals surface area contributed by atoms with Crippen molar-refractivity contribution in [1.82, 2.24) is 15.3 Å². The predicted octanol–water partition coefficient (Wildman–Crippen LogP) is 4.74. The zero-order chi connectivity index (χ0) is 20.4. The molecule has 1 aliphatic rings.